The zero-order valence-electron chi connectivity index (χ0n) is 77.7. The molecular formula is C97H135N15O20. The van der Waals surface area contributed by atoms with Crippen molar-refractivity contribution in [3.8, 4) is 11.3 Å². The fraction of sp³-hybridized carbons (Fsp3) is 0.619. The number of piperazine rings is 1. The molecule has 16 atom stereocenters. The Balaban J connectivity index is 0.498. The number of benzene rings is 1. The number of anilines is 2. The van der Waals surface area contributed by atoms with Crippen molar-refractivity contribution in [1.82, 2.24) is 59.3 Å². The summed E-state index contributed by atoms with van der Waals surface area (Å²) in [5.41, 5.74) is 22.8. The third-order valence-corrected chi connectivity index (χ3v) is 27.0. The van der Waals surface area contributed by atoms with E-state index < -0.39 is 114 Å². The number of esters is 1. The molecule has 35 heteroatoms. The highest BCUT2D eigenvalue weighted by atomic mass is 16.6. The highest BCUT2D eigenvalue weighted by Gasteiger charge is 2.54. The molecule has 3 saturated heterocycles. The van der Waals surface area contributed by atoms with E-state index in [-0.39, 0.29) is 62.9 Å². The molecule has 6 aliphatic heterocycles. The number of carbonyl (C=O) groups is 7. The Morgan fingerprint density at radius 2 is 1.45 bits per heavy atom. The van der Waals surface area contributed by atoms with Crippen molar-refractivity contribution in [3.63, 3.8) is 0 Å². The van der Waals surface area contributed by atoms with E-state index in [2.05, 4.69) is 47.9 Å². The van der Waals surface area contributed by atoms with Gasteiger partial charge in [0.1, 0.15) is 60.2 Å². The van der Waals surface area contributed by atoms with Crippen molar-refractivity contribution in [3.05, 3.63) is 131 Å². The van der Waals surface area contributed by atoms with Gasteiger partial charge in [0, 0.05) is 139 Å². The maximum Gasteiger partial charge on any atom is 0.410 e. The number of aliphatic hydroxyl groups is 3. The number of hydrogen-bond donors (Lipinski definition) is 6. The molecule has 1 aliphatic carbocycles. The smallest absolute Gasteiger partial charge is 0.410 e. The molecule has 7 aliphatic rings. The predicted molar refractivity (Wildman–Crippen MR) is 491 cm³/mol. The number of ether oxygens (including phenoxy) is 10. The molecule has 6 aromatic rings. The SMILES string of the molecule is CO[C@H]1C[C@@H]2CC[C@@H](C)[C@@](O)(O2)C(=O)C(=O)N2CCCC[C@H]2C(=O)O[C@H]([C@H](N)C[C@@H]2CC[C@@H](OC(=O)N3CCc4nc(N5CCN(CCOCCOCCOCCOCCOCCC(=O)N6CCc7cc(Cn8nc(-c9cnc%10[nH]ccc%10c9)c9c(N)ncnc98)ccc7C6)CC5)ncc4C3)[C@H](OC)C2)C(C=O)C[C@H](C)/C=C(\C)[C@@H](O)[C@@H](O)C(=O)[C@H](C)C[C@H](C)/C=C/C=C/C=C/1C. The number of methoxy groups -OCH3 is 2. The molecule has 35 nitrogen and oxygen atoms in total. The van der Waals surface area contributed by atoms with Crippen LogP contribution in [0.1, 0.15) is 153 Å². The van der Waals surface area contributed by atoms with Crippen molar-refractivity contribution >= 4 is 75.6 Å². The molecular weight excluding hydrogens is 1700 g/mol. The summed E-state index contributed by atoms with van der Waals surface area (Å²) in [4.78, 5) is 134. The largest absolute Gasteiger partial charge is 0.458 e. The number of rotatable bonds is 29. The van der Waals surface area contributed by atoms with E-state index in [1.165, 1.54) is 11.9 Å². The molecule has 4 fully saturated rings. The lowest BCUT2D eigenvalue weighted by Gasteiger charge is -2.43. The van der Waals surface area contributed by atoms with Gasteiger partial charge >= 0.3 is 12.1 Å². The van der Waals surface area contributed by atoms with Gasteiger partial charge in [-0.3, -0.25) is 24.1 Å². The quantitative estimate of drug-likeness (QED) is 0.00852. The van der Waals surface area contributed by atoms with Crippen LogP contribution in [0.2, 0.25) is 0 Å². The number of nitrogens with two attached hydrogens (primary N) is 2. The average Bonchev–Trinajstić information content (AvgIpc) is 1.61. The molecule has 1 saturated carbocycles. The second-order valence-corrected chi connectivity index (χ2v) is 36.6. The van der Waals surface area contributed by atoms with Gasteiger partial charge < -0.3 is 104 Å². The summed E-state index contributed by atoms with van der Waals surface area (Å²) in [6.07, 6.45) is 17.0. The van der Waals surface area contributed by atoms with Crippen molar-refractivity contribution in [2.45, 2.75) is 218 Å². The van der Waals surface area contributed by atoms with E-state index >= 15 is 0 Å². The minimum atomic E-state index is -2.51. The normalized spacial score (nSPS) is 28.3. The van der Waals surface area contributed by atoms with Gasteiger partial charge in [0.2, 0.25) is 17.6 Å². The highest BCUT2D eigenvalue weighted by molar-refractivity contribution is 6.39. The number of aliphatic hydroxyl groups excluding tert-OH is 2. The standard InChI is InChI=1S/C97H135N15O20/c1-61-14-10-9-11-15-63(3)80(123-7)53-75-21-17-66(6)97(122,132-75)89(118)93(119)111-28-13-12-16-78(111)94(120)131-88(73(59-113)48-62(2)47-65(5)86(116)87(117)85(115)64(4)46-61)76(98)50-67-19-22-79(81(51-67)124-8)130-96(121)110-30-25-77-74(58-110)55-102-95(105-77)108-33-31-107(32-34-108)35-37-126-39-41-128-43-45-129-44-42-127-40-38-125-36-26-82(114)109-29-24-69-49-68(18-20-71(69)57-109)56-112-92-83(90(99)103-60-104-92)84(106-112)72-52-70-23-27-100-91(70)101-54-72/h9-11,14-15,18,20,23,27,47,49,52,54-55,59-62,64,66-67,73,75-76,78-81,86-88,116-117,122H,12-13,16-17,19,21-22,24-26,28-46,48,50-51,53,56-58,98H2,1-8H3,(H,100,101)(H2,99,103,104)/b11-9+,14-10+,63-15+,65-47+/t61-,62-,64-,66-,67+,73?,75+,76-,78+,79-,80+,81-,86-,87+,88+,97-/m1/s1. The number of piperidine rings is 1. The van der Waals surface area contributed by atoms with Crippen LogP contribution in [-0.4, -0.2) is 310 Å². The fourth-order valence-corrected chi connectivity index (χ4v) is 19.3. The van der Waals surface area contributed by atoms with Gasteiger partial charge in [0.15, 0.2) is 11.4 Å². The van der Waals surface area contributed by atoms with E-state index in [4.69, 9.17) is 73.9 Å². The molecule has 132 heavy (non-hydrogen) atoms. The summed E-state index contributed by atoms with van der Waals surface area (Å²) in [6, 6.07) is 8.09. The van der Waals surface area contributed by atoms with Crippen LogP contribution in [0.3, 0.4) is 0 Å². The van der Waals surface area contributed by atoms with Crippen molar-refractivity contribution < 1.29 is 96.2 Å². The minimum absolute atomic E-state index is 0.000334. The van der Waals surface area contributed by atoms with Gasteiger partial charge in [-0.25, -0.2) is 39.2 Å². The third kappa shape index (κ3) is 25.8. The van der Waals surface area contributed by atoms with Crippen LogP contribution in [-0.2, 0) is 109 Å². The average molecular weight is 1830 g/mol. The Hall–Kier alpha value is -9.73. The number of aromatic nitrogens is 8. The topological polar surface area (TPSA) is 439 Å². The molecule has 0 spiro atoms. The van der Waals surface area contributed by atoms with Crippen LogP contribution < -0.4 is 16.4 Å². The molecule has 1 unspecified atom stereocenters. The van der Waals surface area contributed by atoms with E-state index in [0.29, 0.717) is 190 Å². The van der Waals surface area contributed by atoms with Crippen LogP contribution in [0.15, 0.2) is 103 Å². The molecule has 5 aromatic heterocycles. The Morgan fingerprint density at radius 1 is 0.712 bits per heavy atom. The van der Waals surface area contributed by atoms with Gasteiger partial charge in [-0.2, -0.15) is 5.10 Å². The first-order valence-electron chi connectivity index (χ1n) is 47.1. The molecule has 2 bridgehead atoms. The first-order chi connectivity index (χ1) is 63.8. The number of aromatic amines is 1. The molecule has 13 rings (SSSR count). The van der Waals surface area contributed by atoms with Crippen molar-refractivity contribution in [1.29, 1.82) is 0 Å². The minimum Gasteiger partial charge on any atom is -0.458 e. The van der Waals surface area contributed by atoms with E-state index in [1.54, 1.807) is 65.3 Å². The number of fused-ring (bicyclic) bond motifs is 7. The van der Waals surface area contributed by atoms with Crippen LogP contribution in [0.5, 0.6) is 0 Å². The summed E-state index contributed by atoms with van der Waals surface area (Å²) < 4.78 is 61.4. The van der Waals surface area contributed by atoms with Crippen molar-refractivity contribution in [2.75, 3.05) is 143 Å². The highest BCUT2D eigenvalue weighted by Crippen LogP contribution is 2.40. The van der Waals surface area contributed by atoms with Crippen molar-refractivity contribution in [2.24, 2.45) is 41.2 Å². The number of ketones is 2. The lowest BCUT2D eigenvalue weighted by molar-refractivity contribution is -0.265. The number of aldehydes is 1. The molecule has 0 radical (unpaired) electrons. The van der Waals surface area contributed by atoms with Gasteiger partial charge in [0.25, 0.3) is 11.7 Å². The number of nitrogen functional groups attached to an aromatic ring is 1. The number of carbonyl (C=O) groups excluding carboxylic acids is 7. The molecule has 11 heterocycles. The monoisotopic (exact) mass is 1830 g/mol. The number of amides is 3. The van der Waals surface area contributed by atoms with Gasteiger partial charge in [0.05, 0.1) is 121 Å². The number of Topliss-reactive ketones (excluding diaryl/α,β-unsaturated/α-hetero) is 2. The maximum atomic E-state index is 14.9. The second kappa shape index (κ2) is 47.9. The number of hydrogen-bond acceptors (Lipinski definition) is 30. The van der Waals surface area contributed by atoms with Gasteiger partial charge in [-0.05, 0) is 149 Å². The predicted octanol–water partition coefficient (Wildman–Crippen LogP) is 7.95. The van der Waals surface area contributed by atoms with Crippen LogP contribution >= 0.6 is 0 Å². The number of cyclic esters (lactones) is 1. The lowest BCUT2D eigenvalue weighted by Crippen LogP contribution is -2.61. The number of nitrogens with zero attached hydrogens (tertiary/aromatic N) is 12. The summed E-state index contributed by atoms with van der Waals surface area (Å²) in [5, 5.41) is 41.6. The molecule has 718 valence electrons. The summed E-state index contributed by atoms with van der Waals surface area (Å²) >= 11 is 0. The Morgan fingerprint density at radius 3 is 2.19 bits per heavy atom. The molecule has 3 amide bonds. The summed E-state index contributed by atoms with van der Waals surface area (Å²) in [6.45, 7) is 21.0. The molecule has 8 N–H and O–H groups in total. The first-order valence-corrected chi connectivity index (χ1v) is 47.1. The van der Waals surface area contributed by atoms with E-state index in [9.17, 15) is 48.9 Å². The second-order valence-electron chi connectivity index (χ2n) is 36.6. The van der Waals surface area contributed by atoms with Crippen LogP contribution in [0.25, 0.3) is 33.3 Å². The van der Waals surface area contributed by atoms with E-state index in [1.807, 2.05) is 72.1 Å². The lowest BCUT2D eigenvalue weighted by atomic mass is 9.78. The number of allylic oxidation sites excluding steroid dienone is 6. The Bertz CT molecular complexity index is 5010. The maximum absolute atomic E-state index is 14.9. The first kappa shape index (κ1) is 99.7. The number of pyridine rings is 1. The Labute approximate surface area is 772 Å². The molecule has 1 aromatic carbocycles. The fourth-order valence-electron chi connectivity index (χ4n) is 19.3. The zero-order chi connectivity index (χ0) is 93.5. The zero-order valence-corrected chi connectivity index (χ0v) is 77.7. The number of nitrogens with one attached hydrogen (secondary N) is 1. The van der Waals surface area contributed by atoms with Crippen LogP contribution in [0.4, 0.5) is 16.6 Å². The van der Waals surface area contributed by atoms with Crippen LogP contribution in [0, 0.1) is 35.5 Å². The van der Waals surface area contributed by atoms with Gasteiger partial charge in [-0.15, -0.1) is 0 Å². The third-order valence-electron chi connectivity index (χ3n) is 27.0. The van der Waals surface area contributed by atoms with E-state index in [0.717, 1.165) is 88.6 Å². The Kier molecular flexibility index (Phi) is 36.2. The summed E-state index contributed by atoms with van der Waals surface area (Å²) in [5.74, 6) is -8.35. The van der Waals surface area contributed by atoms with Gasteiger partial charge in [-0.1, -0.05) is 82.4 Å². The number of H-pyrrole nitrogens is 1. The summed E-state index contributed by atoms with van der Waals surface area (Å²) in [7, 11) is 3.11.